The van der Waals surface area contributed by atoms with Crippen molar-refractivity contribution in [1.82, 2.24) is 9.97 Å². The second-order valence-corrected chi connectivity index (χ2v) is 9.93. The maximum Gasteiger partial charge on any atom is 0.249 e. The number of phenolic OH excluding ortho intramolecular Hbond substituents is 1. The van der Waals surface area contributed by atoms with E-state index in [4.69, 9.17) is 9.26 Å². The van der Waals surface area contributed by atoms with Crippen LogP contribution in [-0.4, -0.2) is 46.3 Å². The molecule has 7 nitrogen and oxygen atoms in total. The summed E-state index contributed by atoms with van der Waals surface area (Å²) in [6.07, 6.45) is 3.36. The highest BCUT2D eigenvalue weighted by Gasteiger charge is 2.40. The second kappa shape index (κ2) is 8.41. The Morgan fingerprint density at radius 1 is 1.36 bits per heavy atom. The molecule has 0 aliphatic carbocycles. The normalized spacial score (nSPS) is 23.2. The smallest absolute Gasteiger partial charge is 0.249 e. The Morgan fingerprint density at radius 3 is 2.68 bits per heavy atom. The molecule has 2 unspecified atom stereocenters. The molecule has 2 heterocycles. The fourth-order valence-electron chi connectivity index (χ4n) is 3.32. The third-order valence-corrected chi connectivity index (χ3v) is 7.66. The van der Waals surface area contributed by atoms with Crippen LogP contribution in [0, 0.1) is 13.8 Å². The molecule has 8 heteroatoms. The summed E-state index contributed by atoms with van der Waals surface area (Å²) in [5.41, 5.74) is 2.13. The van der Waals surface area contributed by atoms with Crippen LogP contribution in [0.4, 0.5) is 5.95 Å². The van der Waals surface area contributed by atoms with E-state index in [1.807, 2.05) is 26.8 Å². The third-order valence-electron chi connectivity index (χ3n) is 4.73. The maximum absolute atomic E-state index is 13.5. The SMILES string of the molecule is COc1cc(CC(C=Nc2nc(C)cc(C)n2)P2(=O)CC[C@@H](C)O2)ccc1O. The number of benzene rings is 1. The van der Waals surface area contributed by atoms with Gasteiger partial charge in [-0.1, -0.05) is 6.07 Å². The van der Waals surface area contributed by atoms with Crippen molar-refractivity contribution in [2.75, 3.05) is 13.3 Å². The number of phenols is 1. The monoisotopic (exact) mass is 403 g/mol. The van der Waals surface area contributed by atoms with E-state index in [0.29, 0.717) is 24.3 Å². The number of rotatable bonds is 6. The van der Waals surface area contributed by atoms with Crippen molar-refractivity contribution in [3.63, 3.8) is 0 Å². The molecule has 1 fully saturated rings. The van der Waals surface area contributed by atoms with E-state index in [1.54, 1.807) is 24.4 Å². The van der Waals surface area contributed by atoms with E-state index in [0.717, 1.165) is 23.4 Å². The fourth-order valence-corrected chi connectivity index (χ4v) is 6.11. The standard InChI is InChI=1S/C20H26N3O4P/c1-13-9-14(2)23-20(22-13)21-12-17(28(25)8-7-15(3)27-28)10-16-5-6-18(24)19(11-16)26-4/h5-6,9,11-12,15,17,24H,7-8,10H2,1-4H3/t15-,17?,28?/m1/s1. The fraction of sp³-hybridized carbons (Fsp3) is 0.450. The van der Waals surface area contributed by atoms with E-state index in [2.05, 4.69) is 15.0 Å². The molecule has 0 bridgehead atoms. The second-order valence-electron chi connectivity index (χ2n) is 7.16. The number of hydrogen-bond acceptors (Lipinski definition) is 7. The average molecular weight is 403 g/mol. The van der Waals surface area contributed by atoms with Crippen molar-refractivity contribution in [2.45, 2.75) is 45.4 Å². The molecule has 150 valence electrons. The van der Waals surface area contributed by atoms with Crippen molar-refractivity contribution in [1.29, 1.82) is 0 Å². The highest BCUT2D eigenvalue weighted by atomic mass is 31.2. The van der Waals surface area contributed by atoms with Gasteiger partial charge < -0.3 is 14.4 Å². The zero-order valence-corrected chi connectivity index (χ0v) is 17.5. The van der Waals surface area contributed by atoms with Gasteiger partial charge in [-0.3, -0.25) is 4.57 Å². The zero-order chi connectivity index (χ0) is 20.3. The molecule has 0 spiro atoms. The van der Waals surface area contributed by atoms with Crippen LogP contribution in [0.25, 0.3) is 0 Å². The minimum atomic E-state index is -2.91. The molecule has 28 heavy (non-hydrogen) atoms. The lowest BCUT2D eigenvalue weighted by Crippen LogP contribution is -2.16. The molecule has 3 atom stereocenters. The van der Waals surface area contributed by atoms with Crippen LogP contribution in [0.1, 0.15) is 30.3 Å². The van der Waals surface area contributed by atoms with Crippen LogP contribution < -0.4 is 4.74 Å². The molecule has 2 aromatic rings. The Labute approximate surface area is 165 Å². The molecule has 0 amide bonds. The molecule has 1 saturated heterocycles. The number of aromatic nitrogens is 2. The zero-order valence-electron chi connectivity index (χ0n) is 16.6. The van der Waals surface area contributed by atoms with Crippen molar-refractivity contribution in [3.8, 4) is 11.5 Å². The average Bonchev–Trinajstić information content (AvgIpc) is 2.99. The first-order chi connectivity index (χ1) is 13.3. The lowest BCUT2D eigenvalue weighted by Gasteiger charge is -2.21. The summed E-state index contributed by atoms with van der Waals surface area (Å²) < 4.78 is 24.5. The van der Waals surface area contributed by atoms with Gasteiger partial charge in [-0.15, -0.1) is 0 Å². The van der Waals surface area contributed by atoms with E-state index in [-0.39, 0.29) is 11.9 Å². The van der Waals surface area contributed by atoms with E-state index in [1.165, 1.54) is 7.11 Å². The van der Waals surface area contributed by atoms with Crippen LogP contribution in [0.15, 0.2) is 29.3 Å². The van der Waals surface area contributed by atoms with Crippen molar-refractivity contribution in [2.24, 2.45) is 4.99 Å². The molecule has 0 radical (unpaired) electrons. The van der Waals surface area contributed by atoms with Crippen LogP contribution in [0.3, 0.4) is 0 Å². The number of aromatic hydroxyl groups is 1. The first-order valence-corrected chi connectivity index (χ1v) is 11.2. The molecule has 1 aromatic carbocycles. The van der Waals surface area contributed by atoms with Crippen molar-refractivity contribution < 1.29 is 18.9 Å². The predicted octanol–water partition coefficient (Wildman–Crippen LogP) is 4.21. The molecule has 1 N–H and O–H groups in total. The van der Waals surface area contributed by atoms with Crippen molar-refractivity contribution in [3.05, 3.63) is 41.2 Å². The molecule has 1 aliphatic heterocycles. The van der Waals surface area contributed by atoms with Gasteiger partial charge in [0.15, 0.2) is 11.5 Å². The van der Waals surface area contributed by atoms with Gasteiger partial charge in [0.05, 0.1) is 18.9 Å². The lowest BCUT2D eigenvalue weighted by atomic mass is 10.1. The summed E-state index contributed by atoms with van der Waals surface area (Å²) in [5.74, 6) is 0.798. The van der Waals surface area contributed by atoms with Gasteiger partial charge in [0.2, 0.25) is 13.3 Å². The van der Waals surface area contributed by atoms with Gasteiger partial charge in [-0.25, -0.2) is 15.0 Å². The van der Waals surface area contributed by atoms with Crippen LogP contribution in [0.2, 0.25) is 0 Å². The summed E-state index contributed by atoms with van der Waals surface area (Å²) in [6, 6.07) is 6.99. The van der Waals surface area contributed by atoms with Gasteiger partial charge in [0, 0.05) is 23.8 Å². The number of methoxy groups -OCH3 is 1. The minimum absolute atomic E-state index is 0.0337. The summed E-state index contributed by atoms with van der Waals surface area (Å²) in [5, 5.41) is 9.82. The number of nitrogens with zero attached hydrogens (tertiary/aromatic N) is 3. The van der Waals surface area contributed by atoms with Crippen LogP contribution >= 0.6 is 7.37 Å². The Morgan fingerprint density at radius 2 is 2.07 bits per heavy atom. The Kier molecular flexibility index (Phi) is 6.16. The lowest BCUT2D eigenvalue weighted by molar-refractivity contribution is 0.252. The molecular weight excluding hydrogens is 377 g/mol. The summed E-state index contributed by atoms with van der Waals surface area (Å²) >= 11 is 0. The Hall–Kier alpha value is -2.24. The summed E-state index contributed by atoms with van der Waals surface area (Å²) in [7, 11) is -1.41. The number of aryl methyl sites for hydroxylation is 2. The van der Waals surface area contributed by atoms with E-state index >= 15 is 0 Å². The quantitative estimate of drug-likeness (QED) is 0.574. The molecule has 1 aromatic heterocycles. The van der Waals surface area contributed by atoms with Gasteiger partial charge in [-0.2, -0.15) is 0 Å². The molecule has 0 saturated carbocycles. The molecular formula is C20H26N3O4P. The van der Waals surface area contributed by atoms with Gasteiger partial charge in [0.25, 0.3) is 0 Å². The first kappa shape index (κ1) is 20.5. The van der Waals surface area contributed by atoms with Gasteiger partial charge >= 0.3 is 0 Å². The Bertz CT molecular complexity index is 911. The van der Waals surface area contributed by atoms with Gasteiger partial charge in [-0.05, 0) is 57.4 Å². The summed E-state index contributed by atoms with van der Waals surface area (Å²) in [4.78, 5) is 13.1. The number of hydrogen-bond donors (Lipinski definition) is 1. The van der Waals surface area contributed by atoms with Crippen LogP contribution in [0.5, 0.6) is 11.5 Å². The largest absolute Gasteiger partial charge is 0.504 e. The highest BCUT2D eigenvalue weighted by Crippen LogP contribution is 2.58. The van der Waals surface area contributed by atoms with Gasteiger partial charge in [0.1, 0.15) is 0 Å². The maximum atomic E-state index is 13.5. The number of aliphatic imine (C=N–C) groups is 1. The third kappa shape index (κ3) is 4.78. The van der Waals surface area contributed by atoms with Crippen LogP contribution in [-0.2, 0) is 15.5 Å². The first-order valence-electron chi connectivity index (χ1n) is 9.28. The molecule has 3 rings (SSSR count). The minimum Gasteiger partial charge on any atom is -0.504 e. The number of ether oxygens (including phenoxy) is 1. The predicted molar refractivity (Wildman–Crippen MR) is 109 cm³/mol. The van der Waals surface area contributed by atoms with Crippen molar-refractivity contribution >= 4 is 19.5 Å². The summed E-state index contributed by atoms with van der Waals surface area (Å²) in [6.45, 7) is 5.71. The topological polar surface area (TPSA) is 93.9 Å². The van der Waals surface area contributed by atoms with E-state index < -0.39 is 13.0 Å². The molecule has 1 aliphatic rings. The highest BCUT2D eigenvalue weighted by molar-refractivity contribution is 7.60. The van der Waals surface area contributed by atoms with E-state index in [9.17, 15) is 9.67 Å². The Balaban J connectivity index is 1.91.